The summed E-state index contributed by atoms with van der Waals surface area (Å²) in [5.41, 5.74) is 7.67. The van der Waals surface area contributed by atoms with Gasteiger partial charge in [0.1, 0.15) is 12.4 Å². The lowest BCUT2D eigenvalue weighted by Crippen LogP contribution is -2.41. The van der Waals surface area contributed by atoms with E-state index in [1.54, 1.807) is 6.21 Å². The molecule has 2 unspecified atom stereocenters. The topological polar surface area (TPSA) is 59.0 Å². The monoisotopic (exact) mass is 498 g/mol. The number of benzene rings is 4. The second-order valence-corrected chi connectivity index (χ2v) is 10.3. The lowest BCUT2D eigenvalue weighted by molar-refractivity contribution is -0.139. The van der Waals surface area contributed by atoms with E-state index in [1.165, 1.54) is 5.56 Å². The van der Waals surface area contributed by atoms with Gasteiger partial charge < -0.3 is 4.74 Å². The molecule has 0 N–H and O–H groups in total. The van der Waals surface area contributed by atoms with Crippen LogP contribution in [0.2, 0.25) is 0 Å². The van der Waals surface area contributed by atoms with E-state index in [0.717, 1.165) is 38.4 Å². The van der Waals surface area contributed by atoms with E-state index in [0.29, 0.717) is 12.4 Å². The molecule has 0 aromatic heterocycles. The normalized spacial score (nSPS) is 22.9. The van der Waals surface area contributed by atoms with Gasteiger partial charge in [-0.05, 0) is 52.4 Å². The summed E-state index contributed by atoms with van der Waals surface area (Å²) in [7, 11) is 0. The van der Waals surface area contributed by atoms with E-state index in [1.807, 2.05) is 60.7 Å². The highest BCUT2D eigenvalue weighted by Gasteiger charge is 2.61. The maximum atomic E-state index is 13.7. The molecule has 4 aromatic rings. The van der Waals surface area contributed by atoms with Crippen LogP contribution >= 0.6 is 0 Å². The minimum absolute atomic E-state index is 0.132. The Morgan fingerprint density at radius 2 is 1.29 bits per heavy atom. The zero-order valence-electron chi connectivity index (χ0n) is 21.0. The van der Waals surface area contributed by atoms with Crippen molar-refractivity contribution in [2.45, 2.75) is 25.4 Å². The summed E-state index contributed by atoms with van der Waals surface area (Å²) in [6, 6.07) is 32.2. The average Bonchev–Trinajstić information content (AvgIpc) is 3.21. The molecule has 1 aliphatic heterocycles. The number of carbonyl (C=O) groups is 2. The van der Waals surface area contributed by atoms with Crippen molar-refractivity contribution < 1.29 is 14.3 Å². The van der Waals surface area contributed by atoms with Gasteiger partial charge in [-0.3, -0.25) is 9.59 Å². The lowest BCUT2D eigenvalue weighted by atomic mass is 9.55. The third kappa shape index (κ3) is 3.50. The molecule has 1 fully saturated rings. The first-order chi connectivity index (χ1) is 18.6. The molecular weight excluding hydrogens is 472 g/mol. The van der Waals surface area contributed by atoms with Gasteiger partial charge in [0.15, 0.2) is 0 Å². The van der Waals surface area contributed by atoms with Crippen LogP contribution in [-0.2, 0) is 16.2 Å². The predicted octanol–water partition coefficient (Wildman–Crippen LogP) is 5.80. The van der Waals surface area contributed by atoms with E-state index in [9.17, 15) is 9.59 Å². The van der Waals surface area contributed by atoms with Crippen molar-refractivity contribution in [1.29, 1.82) is 0 Å². The van der Waals surface area contributed by atoms with Gasteiger partial charge in [-0.2, -0.15) is 10.1 Å². The number of hydrogen-bond donors (Lipinski definition) is 0. The largest absolute Gasteiger partial charge is 0.489 e. The Kier molecular flexibility index (Phi) is 5.25. The van der Waals surface area contributed by atoms with Crippen molar-refractivity contribution in [2.24, 2.45) is 16.9 Å². The standard InChI is InChI=1S/C33H26N2O3/c1-20-13-15-21(16-14-20)19-38-23-8-6-7-22(17-23)18-34-35-32(36)30-28-24-9-2-3-10-25(24)29(31(30)33(35)37)27-12-5-4-11-26(27)28/h2-18,28-31H,19H2,1H3/b34-18+. The Labute approximate surface area is 221 Å². The molecule has 2 bridgehead atoms. The fourth-order valence-electron chi connectivity index (χ4n) is 6.44. The van der Waals surface area contributed by atoms with Crippen LogP contribution in [0.3, 0.4) is 0 Å². The predicted molar refractivity (Wildman–Crippen MR) is 145 cm³/mol. The molecule has 4 aliphatic rings. The Hall–Kier alpha value is -4.51. The highest BCUT2D eigenvalue weighted by Crippen LogP contribution is 2.60. The fourth-order valence-corrected chi connectivity index (χ4v) is 6.44. The molecule has 4 aromatic carbocycles. The number of amides is 2. The molecule has 5 heteroatoms. The van der Waals surface area contributed by atoms with Crippen molar-refractivity contribution in [3.8, 4) is 5.75 Å². The van der Waals surface area contributed by atoms with Crippen LogP contribution in [0.15, 0.2) is 102 Å². The van der Waals surface area contributed by atoms with E-state index < -0.39 is 11.8 Å². The van der Waals surface area contributed by atoms with Crippen molar-refractivity contribution >= 4 is 18.0 Å². The Balaban J connectivity index is 1.15. The summed E-state index contributed by atoms with van der Waals surface area (Å²) < 4.78 is 5.96. The minimum atomic E-state index is -0.432. The van der Waals surface area contributed by atoms with Crippen LogP contribution in [0.25, 0.3) is 0 Å². The first-order valence-electron chi connectivity index (χ1n) is 13.0. The van der Waals surface area contributed by atoms with Crippen molar-refractivity contribution in [3.05, 3.63) is 136 Å². The summed E-state index contributed by atoms with van der Waals surface area (Å²) in [4.78, 5) is 27.4. The van der Waals surface area contributed by atoms with Crippen LogP contribution in [-0.4, -0.2) is 23.0 Å². The van der Waals surface area contributed by atoms with Gasteiger partial charge in [0.25, 0.3) is 11.8 Å². The van der Waals surface area contributed by atoms with Gasteiger partial charge in [-0.1, -0.05) is 90.5 Å². The highest BCUT2D eigenvalue weighted by atomic mass is 16.5. The lowest BCUT2D eigenvalue weighted by Gasteiger charge is -2.45. The first kappa shape index (κ1) is 22.7. The molecular formula is C33H26N2O3. The number of carbonyl (C=O) groups excluding carboxylic acids is 2. The molecule has 5 nitrogen and oxygen atoms in total. The third-order valence-corrected chi connectivity index (χ3v) is 8.13. The molecule has 38 heavy (non-hydrogen) atoms. The molecule has 0 radical (unpaired) electrons. The van der Waals surface area contributed by atoms with Crippen molar-refractivity contribution in [1.82, 2.24) is 5.01 Å². The van der Waals surface area contributed by atoms with Crippen LogP contribution < -0.4 is 4.74 Å². The van der Waals surface area contributed by atoms with Crippen molar-refractivity contribution in [2.75, 3.05) is 0 Å². The van der Waals surface area contributed by atoms with Crippen LogP contribution in [0.1, 0.15) is 50.8 Å². The molecule has 2 amide bonds. The molecule has 3 aliphatic carbocycles. The first-order valence-corrected chi connectivity index (χ1v) is 13.0. The van der Waals surface area contributed by atoms with Crippen LogP contribution in [0.5, 0.6) is 5.75 Å². The molecule has 2 atom stereocenters. The summed E-state index contributed by atoms with van der Waals surface area (Å²) in [6.07, 6.45) is 1.58. The summed E-state index contributed by atoms with van der Waals surface area (Å²) in [6.45, 7) is 2.51. The number of hydrogen-bond acceptors (Lipinski definition) is 4. The Morgan fingerprint density at radius 3 is 1.84 bits per heavy atom. The third-order valence-electron chi connectivity index (χ3n) is 8.13. The van der Waals surface area contributed by atoms with Gasteiger partial charge in [-0.25, -0.2) is 0 Å². The van der Waals surface area contributed by atoms with Crippen LogP contribution in [0, 0.1) is 18.8 Å². The molecule has 8 rings (SSSR count). The van der Waals surface area contributed by atoms with Gasteiger partial charge in [0.05, 0.1) is 18.1 Å². The maximum absolute atomic E-state index is 13.7. The maximum Gasteiger partial charge on any atom is 0.254 e. The molecule has 1 heterocycles. The molecule has 1 saturated heterocycles. The number of hydrazone groups is 1. The van der Waals surface area contributed by atoms with Crippen LogP contribution in [0.4, 0.5) is 0 Å². The number of nitrogens with zero attached hydrogens (tertiary/aromatic N) is 2. The van der Waals surface area contributed by atoms with Gasteiger partial charge >= 0.3 is 0 Å². The minimum Gasteiger partial charge on any atom is -0.489 e. The Morgan fingerprint density at radius 1 is 0.737 bits per heavy atom. The van der Waals surface area contributed by atoms with Gasteiger partial charge in [0, 0.05) is 11.8 Å². The highest BCUT2D eigenvalue weighted by molar-refractivity contribution is 6.08. The fraction of sp³-hybridized carbons (Fsp3) is 0.182. The number of aryl methyl sites for hydroxylation is 1. The molecule has 0 saturated carbocycles. The second kappa shape index (κ2) is 8.80. The van der Waals surface area contributed by atoms with E-state index >= 15 is 0 Å². The second-order valence-electron chi connectivity index (χ2n) is 10.3. The number of imide groups is 1. The van der Waals surface area contributed by atoms with Gasteiger partial charge in [0.2, 0.25) is 0 Å². The number of ether oxygens (including phenoxy) is 1. The van der Waals surface area contributed by atoms with E-state index in [4.69, 9.17) is 4.74 Å². The summed E-state index contributed by atoms with van der Waals surface area (Å²) >= 11 is 0. The van der Waals surface area contributed by atoms with Gasteiger partial charge in [-0.15, -0.1) is 0 Å². The van der Waals surface area contributed by atoms with E-state index in [2.05, 4.69) is 48.4 Å². The number of rotatable bonds is 5. The average molecular weight is 499 g/mol. The Bertz CT molecular complexity index is 1490. The summed E-state index contributed by atoms with van der Waals surface area (Å²) in [5, 5.41) is 5.53. The molecule has 0 spiro atoms. The van der Waals surface area contributed by atoms with E-state index in [-0.39, 0.29) is 23.7 Å². The smallest absolute Gasteiger partial charge is 0.254 e. The summed E-state index contributed by atoms with van der Waals surface area (Å²) in [5.74, 6) is -0.868. The molecule has 186 valence electrons. The SMILES string of the molecule is Cc1ccc(COc2cccc(/C=N/N3C(=O)C4C5c6ccccc6C(c6ccccc65)C4C3=O)c2)cc1. The zero-order chi connectivity index (χ0) is 25.8. The van der Waals surface area contributed by atoms with Crippen molar-refractivity contribution in [3.63, 3.8) is 0 Å². The quantitative estimate of drug-likeness (QED) is 0.258. The zero-order valence-corrected chi connectivity index (χ0v) is 21.0.